The van der Waals surface area contributed by atoms with Crippen molar-refractivity contribution in [3.8, 4) is 34.4 Å². The van der Waals surface area contributed by atoms with Gasteiger partial charge in [-0.05, 0) is 131 Å². The van der Waals surface area contributed by atoms with Gasteiger partial charge in [-0.3, -0.25) is 9.59 Å². The van der Waals surface area contributed by atoms with E-state index in [1.807, 2.05) is 111 Å². The van der Waals surface area contributed by atoms with E-state index in [0.29, 0.717) is 55.2 Å². The standard InChI is InChI=1S/C27H30N2O6.C26H29NO4/c1-3-33-27(32)29-15-21(23(16-29)26(30)31)13-12-19-8-7-11-22(14-19)34-17-24-18(2)35-25(28-24)20-9-5-4-6-10-20;1-18-24(27-25(31-18)21-9-4-3-5-10-21)17-30-22-12-6-8-19(16-22)14-15-20-11-7-13-23(20)26(28)29-2/h4-11,14,21,23H,3,12-13,15-17H2,1-2H3,(H,30,31);3-6,8-10,12,16,20,23H,7,11,13-15,17H2,1-2H3/t21-,23-;20-,23+/m10/s1. The number of aromatic nitrogens is 2. The molecule has 1 saturated heterocycles. The van der Waals surface area contributed by atoms with Crippen LogP contribution in [0.2, 0.25) is 0 Å². The summed E-state index contributed by atoms with van der Waals surface area (Å²) >= 11 is 0. The van der Waals surface area contributed by atoms with E-state index < -0.39 is 18.0 Å². The van der Waals surface area contributed by atoms with Crippen LogP contribution < -0.4 is 9.47 Å². The fourth-order valence-electron chi connectivity index (χ4n) is 8.77. The maximum atomic E-state index is 12.1. The number of oxazole rings is 2. The van der Waals surface area contributed by atoms with Gasteiger partial charge in [-0.2, -0.15) is 0 Å². The van der Waals surface area contributed by atoms with Gasteiger partial charge in [0.25, 0.3) is 0 Å². The van der Waals surface area contributed by atoms with Crippen LogP contribution in [0.15, 0.2) is 118 Å². The monoisotopic (exact) mass is 897 g/mol. The molecule has 66 heavy (non-hydrogen) atoms. The summed E-state index contributed by atoms with van der Waals surface area (Å²) < 4.78 is 33.6. The van der Waals surface area contributed by atoms with Gasteiger partial charge in [-0.15, -0.1) is 0 Å². The van der Waals surface area contributed by atoms with Gasteiger partial charge in [-0.25, -0.2) is 14.8 Å². The van der Waals surface area contributed by atoms with E-state index in [0.717, 1.165) is 71.7 Å². The van der Waals surface area contributed by atoms with Crippen LogP contribution >= 0.6 is 0 Å². The van der Waals surface area contributed by atoms with E-state index in [-0.39, 0.29) is 37.6 Å². The van der Waals surface area contributed by atoms with Gasteiger partial charge in [0.1, 0.15) is 47.6 Å². The van der Waals surface area contributed by atoms with Crippen LogP contribution in [0.25, 0.3) is 22.9 Å². The number of carboxylic acid groups (broad SMARTS) is 1. The number of rotatable bonds is 17. The molecule has 2 aromatic heterocycles. The molecule has 2 aliphatic rings. The maximum absolute atomic E-state index is 12.1. The van der Waals surface area contributed by atoms with Crippen LogP contribution in [0.4, 0.5) is 4.79 Å². The molecule has 346 valence electrons. The highest BCUT2D eigenvalue weighted by Gasteiger charge is 2.40. The molecule has 8 rings (SSSR count). The molecule has 0 radical (unpaired) electrons. The Labute approximate surface area is 386 Å². The number of hydrogen-bond donors (Lipinski definition) is 1. The minimum atomic E-state index is -0.878. The molecule has 13 heteroatoms. The summed E-state index contributed by atoms with van der Waals surface area (Å²) in [6.07, 6.45) is 5.96. The number of methoxy groups -OCH3 is 1. The first kappa shape index (κ1) is 47.1. The number of ether oxygens (including phenoxy) is 4. The molecule has 1 aliphatic heterocycles. The molecule has 1 amide bonds. The Bertz CT molecular complexity index is 2520. The van der Waals surface area contributed by atoms with Crippen LogP contribution in [-0.4, -0.2) is 64.8 Å². The summed E-state index contributed by atoms with van der Waals surface area (Å²) in [7, 11) is 1.48. The number of benzene rings is 4. The zero-order valence-corrected chi connectivity index (χ0v) is 38.2. The number of amides is 1. The van der Waals surface area contributed by atoms with E-state index in [2.05, 4.69) is 22.1 Å². The Morgan fingerprint density at radius 2 is 1.21 bits per heavy atom. The zero-order valence-electron chi connectivity index (χ0n) is 38.2. The first-order valence-corrected chi connectivity index (χ1v) is 22.8. The third kappa shape index (κ3) is 12.5. The first-order chi connectivity index (χ1) is 32.1. The molecular formula is C53H59N3O10. The van der Waals surface area contributed by atoms with Crippen LogP contribution in [0.3, 0.4) is 0 Å². The fourth-order valence-corrected chi connectivity index (χ4v) is 8.77. The van der Waals surface area contributed by atoms with Crippen molar-refractivity contribution in [3.63, 3.8) is 0 Å². The molecule has 6 aromatic rings. The number of likely N-dealkylation sites (tertiary alicyclic amines) is 1. The average molecular weight is 898 g/mol. The molecule has 1 aliphatic carbocycles. The summed E-state index contributed by atoms with van der Waals surface area (Å²) in [5.74, 6) is 3.00. The summed E-state index contributed by atoms with van der Waals surface area (Å²) in [6, 6.07) is 35.5. The minimum absolute atomic E-state index is 0.0541. The van der Waals surface area contributed by atoms with Crippen molar-refractivity contribution in [3.05, 3.63) is 143 Å². The number of carboxylic acids is 1. The number of aryl methyl sites for hydroxylation is 4. The molecule has 2 fully saturated rings. The summed E-state index contributed by atoms with van der Waals surface area (Å²) in [5, 5.41) is 9.62. The van der Waals surface area contributed by atoms with Gasteiger partial charge in [0.05, 0.1) is 25.6 Å². The minimum Gasteiger partial charge on any atom is -0.487 e. The lowest BCUT2D eigenvalue weighted by Crippen LogP contribution is -2.30. The highest BCUT2D eigenvalue weighted by Crippen LogP contribution is 2.36. The topological polar surface area (TPSA) is 164 Å². The number of hydrogen-bond acceptors (Lipinski definition) is 11. The predicted molar refractivity (Wildman–Crippen MR) is 248 cm³/mol. The van der Waals surface area contributed by atoms with E-state index in [9.17, 15) is 19.5 Å². The summed E-state index contributed by atoms with van der Waals surface area (Å²) in [6.45, 7) is 7.00. The van der Waals surface area contributed by atoms with Crippen LogP contribution in [0, 0.1) is 37.5 Å². The van der Waals surface area contributed by atoms with E-state index in [1.165, 1.54) is 17.6 Å². The Balaban J connectivity index is 0.000000198. The van der Waals surface area contributed by atoms with Crippen LogP contribution in [0.1, 0.15) is 73.1 Å². The number of nitrogens with zero attached hydrogens (tertiary/aromatic N) is 3. The second-order valence-corrected chi connectivity index (χ2v) is 16.9. The normalized spacial score (nSPS) is 17.7. The molecule has 13 nitrogen and oxygen atoms in total. The van der Waals surface area contributed by atoms with E-state index >= 15 is 0 Å². The predicted octanol–water partition coefficient (Wildman–Crippen LogP) is 10.7. The molecule has 4 atom stereocenters. The quantitative estimate of drug-likeness (QED) is 0.0863. The number of esters is 1. The van der Waals surface area contributed by atoms with Gasteiger partial charge >= 0.3 is 18.0 Å². The van der Waals surface area contributed by atoms with E-state index in [4.69, 9.17) is 27.8 Å². The van der Waals surface area contributed by atoms with Crippen LogP contribution in [0.5, 0.6) is 11.5 Å². The average Bonchev–Trinajstić information content (AvgIpc) is 4.16. The molecular weight excluding hydrogens is 839 g/mol. The Kier molecular flexibility index (Phi) is 16.3. The third-order valence-corrected chi connectivity index (χ3v) is 12.4. The highest BCUT2D eigenvalue weighted by molar-refractivity contribution is 5.74. The van der Waals surface area contributed by atoms with Crippen LogP contribution in [-0.2, 0) is 45.1 Å². The van der Waals surface area contributed by atoms with E-state index in [1.54, 1.807) is 6.92 Å². The van der Waals surface area contributed by atoms with Gasteiger partial charge in [0, 0.05) is 24.2 Å². The Hall–Kier alpha value is -6.89. The van der Waals surface area contributed by atoms with Gasteiger partial charge < -0.3 is 37.8 Å². The number of aliphatic carboxylic acids is 1. The molecule has 0 bridgehead atoms. The van der Waals surface area contributed by atoms with Crippen molar-refractivity contribution in [2.45, 2.75) is 78.9 Å². The second kappa shape index (κ2) is 22.8. The lowest BCUT2D eigenvalue weighted by atomic mass is 9.90. The molecule has 4 aromatic carbocycles. The third-order valence-electron chi connectivity index (χ3n) is 12.4. The van der Waals surface area contributed by atoms with Crippen molar-refractivity contribution < 1.29 is 47.3 Å². The first-order valence-electron chi connectivity index (χ1n) is 22.8. The van der Waals surface area contributed by atoms with Gasteiger partial charge in [0.2, 0.25) is 11.8 Å². The Morgan fingerprint density at radius 3 is 1.71 bits per heavy atom. The van der Waals surface area contributed by atoms with Crippen molar-refractivity contribution >= 4 is 18.0 Å². The van der Waals surface area contributed by atoms with Gasteiger partial charge in [0.15, 0.2) is 0 Å². The van der Waals surface area contributed by atoms with Gasteiger partial charge in [-0.1, -0.05) is 67.1 Å². The van der Waals surface area contributed by atoms with Crippen molar-refractivity contribution in [1.29, 1.82) is 0 Å². The number of carbonyl (C=O) groups excluding carboxylic acids is 2. The molecule has 0 unspecified atom stereocenters. The molecule has 0 spiro atoms. The van der Waals surface area contributed by atoms with Crippen molar-refractivity contribution in [2.24, 2.45) is 23.7 Å². The van der Waals surface area contributed by atoms with Crippen molar-refractivity contribution in [1.82, 2.24) is 14.9 Å². The lowest BCUT2D eigenvalue weighted by molar-refractivity contribution is -0.146. The van der Waals surface area contributed by atoms with Crippen molar-refractivity contribution in [2.75, 3.05) is 26.8 Å². The second-order valence-electron chi connectivity index (χ2n) is 16.9. The maximum Gasteiger partial charge on any atom is 0.409 e. The SMILES string of the molecule is CCOC(=O)N1C[C@@H](CCc2cccc(OCc3nc(-c4ccccc4)oc3C)c2)[C@H](C(=O)O)C1.COC(=O)[C@@H]1CCC[C@H]1CCc1cccc(OCc2nc(-c3ccccc3)oc2C)c1. The highest BCUT2D eigenvalue weighted by atomic mass is 16.6. The molecule has 1 N–H and O–H groups in total. The smallest absolute Gasteiger partial charge is 0.409 e. The Morgan fingerprint density at radius 1 is 0.682 bits per heavy atom. The summed E-state index contributed by atoms with van der Waals surface area (Å²) in [5.41, 5.74) is 5.67. The molecule has 3 heterocycles. The number of carbonyl (C=O) groups is 3. The lowest BCUT2D eigenvalue weighted by Gasteiger charge is -2.17. The summed E-state index contributed by atoms with van der Waals surface area (Å²) in [4.78, 5) is 46.4. The largest absolute Gasteiger partial charge is 0.487 e. The zero-order chi connectivity index (χ0) is 46.4. The fraction of sp³-hybridized carbons (Fsp3) is 0.377. The molecule has 1 saturated carbocycles.